The quantitative estimate of drug-likeness (QED) is 0.143. The molecule has 8 rings (SSSR count). The number of hydrogen-bond acceptors (Lipinski definition) is 3. The first-order valence-corrected chi connectivity index (χ1v) is 17.3. The van der Waals surface area contributed by atoms with E-state index in [1.54, 1.807) is 24.3 Å². The van der Waals surface area contributed by atoms with Crippen LogP contribution in [0.15, 0.2) is 158 Å². The van der Waals surface area contributed by atoms with Gasteiger partial charge in [0.25, 0.3) is 0 Å². The minimum absolute atomic E-state index is 0. The minimum Gasteiger partial charge on any atom is -0.265 e. The Bertz CT molecular complexity index is 2460. The predicted octanol–water partition coefficient (Wildman–Crippen LogP) is 11.1. The maximum atomic E-state index is 9.88. The van der Waals surface area contributed by atoms with Crippen molar-refractivity contribution in [3.05, 3.63) is 198 Å². The van der Waals surface area contributed by atoms with Crippen LogP contribution in [0.3, 0.4) is 0 Å². The molecule has 0 fully saturated rings. The van der Waals surface area contributed by atoms with Gasteiger partial charge in [0.1, 0.15) is 0 Å². The van der Waals surface area contributed by atoms with Crippen LogP contribution in [0.25, 0.3) is 61.0 Å². The third-order valence-corrected chi connectivity index (χ3v) is 9.45. The Morgan fingerprint density at radius 1 is 0.593 bits per heavy atom. The summed E-state index contributed by atoms with van der Waals surface area (Å²) < 4.78 is 3.84. The second-order valence-corrected chi connectivity index (χ2v) is 13.2. The predicted molar refractivity (Wildman–Crippen MR) is 210 cm³/mol. The number of aromatic nitrogens is 4. The minimum atomic E-state index is -0.815. The molecule has 0 aliphatic rings. The van der Waals surface area contributed by atoms with Crippen LogP contribution in [0, 0.1) is 30.0 Å². The molecular formula is C47H32N6Pt. The molecule has 0 atom stereocenters. The van der Waals surface area contributed by atoms with Crippen molar-refractivity contribution in [1.82, 2.24) is 19.6 Å². The summed E-state index contributed by atoms with van der Waals surface area (Å²) in [4.78, 5) is 3.72. The van der Waals surface area contributed by atoms with Gasteiger partial charge in [-0.1, -0.05) is 133 Å². The van der Waals surface area contributed by atoms with Gasteiger partial charge in [-0.25, -0.2) is 0 Å². The maximum Gasteiger partial charge on any atom is 2.00 e. The van der Waals surface area contributed by atoms with Gasteiger partial charge < -0.3 is 0 Å². The van der Waals surface area contributed by atoms with Gasteiger partial charge >= 0.3 is 21.1 Å². The fourth-order valence-electron chi connectivity index (χ4n) is 6.93. The normalized spacial score (nSPS) is 11.0. The smallest absolute Gasteiger partial charge is 0.265 e. The molecule has 2 aromatic heterocycles. The topological polar surface area (TPSA) is 63.8 Å². The van der Waals surface area contributed by atoms with Gasteiger partial charge in [0.15, 0.2) is 0 Å². The molecular weight excluding hydrogens is 844 g/mol. The largest absolute Gasteiger partial charge is 2.00 e. The molecule has 260 valence electrons. The number of nitrogens with zero attached hydrogens (tertiary/aromatic N) is 6. The van der Waals surface area contributed by atoms with Gasteiger partial charge in [0.2, 0.25) is 0 Å². The van der Waals surface area contributed by atoms with Gasteiger partial charge in [-0.2, -0.15) is 51.9 Å². The van der Waals surface area contributed by atoms with E-state index in [0.717, 1.165) is 56.2 Å². The number of nitriles is 1. The van der Waals surface area contributed by atoms with Crippen molar-refractivity contribution in [3.63, 3.8) is 0 Å². The SMILES string of the molecule is [C-]#[N+]c1cc[c-]c(-n2nc(C(C)(C)c3nn(-c4[c-]ccc(C#N)c4)c(-c4ccccc4)c3-c3ccccc3)c(-c3ccccc3)c2-c2ccccc2)c1.[Pt+2]. The first kappa shape index (κ1) is 35.8. The average molecular weight is 876 g/mol. The summed E-state index contributed by atoms with van der Waals surface area (Å²) in [5.74, 6) is 0. The molecule has 6 aromatic carbocycles. The van der Waals surface area contributed by atoms with E-state index in [1.807, 2.05) is 94.3 Å². The van der Waals surface area contributed by atoms with Crippen LogP contribution >= 0.6 is 0 Å². The Hall–Kier alpha value is -6.59. The van der Waals surface area contributed by atoms with Crippen LogP contribution in [0.2, 0.25) is 0 Å². The number of hydrogen-bond donors (Lipinski definition) is 0. The molecule has 0 bridgehead atoms. The summed E-state index contributed by atoms with van der Waals surface area (Å²) in [6.07, 6.45) is 0. The summed E-state index contributed by atoms with van der Waals surface area (Å²) in [7, 11) is 0. The van der Waals surface area contributed by atoms with Crippen molar-refractivity contribution in [2.24, 2.45) is 0 Å². The van der Waals surface area contributed by atoms with Gasteiger partial charge in [-0.3, -0.25) is 14.2 Å². The van der Waals surface area contributed by atoms with E-state index in [9.17, 15) is 5.26 Å². The average Bonchev–Trinajstić information content (AvgIpc) is 3.84. The molecule has 0 saturated carbocycles. The van der Waals surface area contributed by atoms with E-state index in [1.165, 1.54) is 0 Å². The second-order valence-electron chi connectivity index (χ2n) is 13.2. The first-order chi connectivity index (χ1) is 26.0. The zero-order valence-electron chi connectivity index (χ0n) is 29.5. The molecule has 0 aliphatic carbocycles. The van der Waals surface area contributed by atoms with Crippen LogP contribution in [-0.2, 0) is 26.5 Å². The molecule has 0 saturated heterocycles. The van der Waals surface area contributed by atoms with E-state index >= 15 is 0 Å². The van der Waals surface area contributed by atoms with E-state index in [-0.39, 0.29) is 21.1 Å². The molecule has 0 N–H and O–H groups in total. The molecule has 8 aromatic rings. The molecule has 0 aliphatic heterocycles. The number of rotatable bonds is 8. The first-order valence-electron chi connectivity index (χ1n) is 17.3. The zero-order valence-corrected chi connectivity index (χ0v) is 31.8. The summed E-state index contributed by atoms with van der Waals surface area (Å²) >= 11 is 0. The van der Waals surface area contributed by atoms with Crippen LogP contribution in [0.1, 0.15) is 30.8 Å². The molecule has 0 radical (unpaired) electrons. The van der Waals surface area contributed by atoms with E-state index in [4.69, 9.17) is 16.8 Å². The van der Waals surface area contributed by atoms with E-state index in [0.29, 0.717) is 22.6 Å². The van der Waals surface area contributed by atoms with Crippen LogP contribution in [-0.4, -0.2) is 19.6 Å². The standard InChI is InChI=1S/C47H32N6.Pt/c1-47(2,45-41(34-19-8-4-9-20-34)43(36-23-12-6-13-24-36)52(50-45)39-28-16-18-33(30-39)32-48)46-42(35-21-10-5-11-22-35)44(37-25-14-7-15-26-37)53(51-46)40-29-17-27-38(31-40)49-3;/h4-27,30-31H,1-2H3;/q-2;+2. The van der Waals surface area contributed by atoms with Crippen molar-refractivity contribution in [2.45, 2.75) is 19.3 Å². The summed E-state index contributed by atoms with van der Waals surface area (Å²) in [5.41, 5.74) is 10.8. The molecule has 7 heteroatoms. The molecule has 54 heavy (non-hydrogen) atoms. The van der Waals surface area contributed by atoms with E-state index < -0.39 is 5.41 Å². The molecule has 6 nitrogen and oxygen atoms in total. The van der Waals surface area contributed by atoms with E-state index in [2.05, 4.69) is 85.4 Å². The maximum absolute atomic E-state index is 9.88. The summed E-state index contributed by atoms with van der Waals surface area (Å²) in [6.45, 7) is 12.1. The zero-order chi connectivity index (χ0) is 36.4. The van der Waals surface area contributed by atoms with Crippen LogP contribution in [0.5, 0.6) is 0 Å². The molecule has 0 spiro atoms. The molecule has 2 heterocycles. The van der Waals surface area contributed by atoms with Gasteiger partial charge in [0, 0.05) is 22.3 Å². The van der Waals surface area contributed by atoms with Gasteiger partial charge in [-0.15, -0.1) is 12.1 Å². The van der Waals surface area contributed by atoms with Crippen LogP contribution < -0.4 is 0 Å². The molecule has 0 unspecified atom stereocenters. The van der Waals surface area contributed by atoms with Gasteiger partial charge in [-0.05, 0) is 30.7 Å². The van der Waals surface area contributed by atoms with Gasteiger partial charge in [0.05, 0.1) is 46.5 Å². The second kappa shape index (κ2) is 15.2. The van der Waals surface area contributed by atoms with Crippen molar-refractivity contribution < 1.29 is 21.1 Å². The fraction of sp³-hybridized carbons (Fsp3) is 0.0638. The Labute approximate surface area is 329 Å². The summed E-state index contributed by atoms with van der Waals surface area (Å²) in [6, 6.07) is 60.8. The summed E-state index contributed by atoms with van der Waals surface area (Å²) in [5, 5.41) is 20.8. The van der Waals surface area contributed by atoms with Crippen molar-refractivity contribution >= 4 is 5.69 Å². The van der Waals surface area contributed by atoms with Crippen molar-refractivity contribution in [1.29, 1.82) is 5.26 Å². The Morgan fingerprint density at radius 3 is 1.43 bits per heavy atom. The Kier molecular flexibility index (Phi) is 10.1. The third kappa shape index (κ3) is 6.50. The Balaban J connectivity index is 0.00000450. The monoisotopic (exact) mass is 875 g/mol. The van der Waals surface area contributed by atoms with Crippen molar-refractivity contribution in [3.8, 4) is 62.2 Å². The fourth-order valence-corrected chi connectivity index (χ4v) is 6.93. The van der Waals surface area contributed by atoms with Crippen LogP contribution in [0.4, 0.5) is 5.69 Å². The Morgan fingerprint density at radius 2 is 1.00 bits per heavy atom. The molecule has 0 amide bonds. The third-order valence-electron chi connectivity index (χ3n) is 9.45. The van der Waals surface area contributed by atoms with Crippen molar-refractivity contribution in [2.75, 3.05) is 0 Å². The number of benzene rings is 6.